The van der Waals surface area contributed by atoms with Gasteiger partial charge in [0.2, 0.25) is 5.91 Å². The summed E-state index contributed by atoms with van der Waals surface area (Å²) in [4.78, 5) is 16.3. The Morgan fingerprint density at radius 2 is 2.42 bits per heavy atom. The van der Waals surface area contributed by atoms with E-state index in [0.29, 0.717) is 11.8 Å². The number of aromatic nitrogens is 1. The van der Waals surface area contributed by atoms with Crippen molar-refractivity contribution in [2.75, 3.05) is 18.8 Å². The number of fused-ring (bicyclic) bond motifs is 1. The summed E-state index contributed by atoms with van der Waals surface area (Å²) in [5, 5.41) is 6.27. The Morgan fingerprint density at radius 3 is 3.21 bits per heavy atom. The minimum absolute atomic E-state index is 0.0953. The largest absolute Gasteiger partial charge is 0.351 e. The van der Waals surface area contributed by atoms with Crippen LogP contribution in [0.5, 0.6) is 0 Å². The number of thiazole rings is 1. The van der Waals surface area contributed by atoms with Crippen LogP contribution in [0.25, 0.3) is 10.2 Å². The SMILES string of the molecule is O=C(CSc1nc2ccccc2s1)NC1CCNC1. The molecule has 3 rings (SSSR count). The molecular formula is C13H15N3OS2. The fourth-order valence-corrected chi connectivity index (χ4v) is 3.97. The third kappa shape index (κ3) is 3.26. The second-order valence-corrected chi connectivity index (χ2v) is 6.75. The minimum atomic E-state index is 0.0953. The molecule has 0 aliphatic carbocycles. The topological polar surface area (TPSA) is 54.0 Å². The lowest BCUT2D eigenvalue weighted by molar-refractivity contribution is -0.119. The fourth-order valence-electron chi connectivity index (χ4n) is 2.09. The van der Waals surface area contributed by atoms with Crippen LogP contribution < -0.4 is 10.6 Å². The van der Waals surface area contributed by atoms with Gasteiger partial charge in [-0.25, -0.2) is 4.98 Å². The Kier molecular flexibility index (Phi) is 4.00. The number of hydrogen-bond acceptors (Lipinski definition) is 5. The van der Waals surface area contributed by atoms with Crippen molar-refractivity contribution < 1.29 is 4.79 Å². The van der Waals surface area contributed by atoms with E-state index in [9.17, 15) is 4.79 Å². The zero-order chi connectivity index (χ0) is 13.1. The molecule has 6 heteroatoms. The highest BCUT2D eigenvalue weighted by molar-refractivity contribution is 8.01. The number of carbonyl (C=O) groups excluding carboxylic acids is 1. The first-order valence-electron chi connectivity index (χ1n) is 6.30. The van der Waals surface area contributed by atoms with Crippen molar-refractivity contribution in [3.05, 3.63) is 24.3 Å². The predicted octanol–water partition coefficient (Wildman–Crippen LogP) is 1.87. The van der Waals surface area contributed by atoms with Gasteiger partial charge in [0.25, 0.3) is 0 Å². The molecule has 1 saturated heterocycles. The molecule has 2 aromatic rings. The van der Waals surface area contributed by atoms with Crippen LogP contribution in [0, 0.1) is 0 Å². The molecule has 19 heavy (non-hydrogen) atoms. The zero-order valence-corrected chi connectivity index (χ0v) is 12.0. The van der Waals surface area contributed by atoms with Gasteiger partial charge in [0, 0.05) is 12.6 Å². The molecule has 2 N–H and O–H groups in total. The molecule has 1 unspecified atom stereocenters. The fraction of sp³-hybridized carbons (Fsp3) is 0.385. The summed E-state index contributed by atoms with van der Waals surface area (Å²) in [7, 11) is 0. The highest BCUT2D eigenvalue weighted by Gasteiger charge is 2.16. The predicted molar refractivity (Wildman–Crippen MR) is 79.8 cm³/mol. The van der Waals surface area contributed by atoms with Crippen molar-refractivity contribution >= 4 is 39.2 Å². The van der Waals surface area contributed by atoms with Crippen LogP contribution in [0.15, 0.2) is 28.6 Å². The van der Waals surface area contributed by atoms with Gasteiger partial charge in [-0.05, 0) is 25.1 Å². The second kappa shape index (κ2) is 5.90. The number of rotatable bonds is 4. The lowest BCUT2D eigenvalue weighted by atomic mass is 10.3. The first-order chi connectivity index (χ1) is 9.31. The van der Waals surface area contributed by atoms with Crippen LogP contribution in [0.4, 0.5) is 0 Å². The zero-order valence-electron chi connectivity index (χ0n) is 10.4. The van der Waals surface area contributed by atoms with Crippen molar-refractivity contribution in [2.45, 2.75) is 16.8 Å². The van der Waals surface area contributed by atoms with Gasteiger partial charge in [0.05, 0.1) is 16.0 Å². The molecule has 0 spiro atoms. The van der Waals surface area contributed by atoms with E-state index in [4.69, 9.17) is 0 Å². The Balaban J connectivity index is 1.54. The van der Waals surface area contributed by atoms with Crippen LogP contribution in [0.2, 0.25) is 0 Å². The summed E-state index contributed by atoms with van der Waals surface area (Å²) in [5.41, 5.74) is 1.01. The molecule has 100 valence electrons. The van der Waals surface area contributed by atoms with Crippen LogP contribution in [0.1, 0.15) is 6.42 Å². The lowest BCUT2D eigenvalue weighted by Crippen LogP contribution is -2.37. The first kappa shape index (κ1) is 12.9. The summed E-state index contributed by atoms with van der Waals surface area (Å²) in [6, 6.07) is 8.34. The number of para-hydroxylation sites is 1. The van der Waals surface area contributed by atoms with Crippen molar-refractivity contribution in [3.63, 3.8) is 0 Å². The monoisotopic (exact) mass is 293 g/mol. The van der Waals surface area contributed by atoms with E-state index >= 15 is 0 Å². The summed E-state index contributed by atoms with van der Waals surface area (Å²) >= 11 is 3.15. The Hall–Kier alpha value is -1.11. The van der Waals surface area contributed by atoms with Gasteiger partial charge >= 0.3 is 0 Å². The second-order valence-electron chi connectivity index (χ2n) is 4.49. The highest BCUT2D eigenvalue weighted by atomic mass is 32.2. The van der Waals surface area contributed by atoms with Crippen LogP contribution in [-0.2, 0) is 4.79 Å². The van der Waals surface area contributed by atoms with Gasteiger partial charge in [-0.3, -0.25) is 4.79 Å². The third-order valence-electron chi connectivity index (χ3n) is 3.03. The molecule has 0 saturated carbocycles. The molecule has 1 aromatic carbocycles. The Bertz CT molecular complexity index is 545. The number of amides is 1. The van der Waals surface area contributed by atoms with Gasteiger partial charge in [-0.1, -0.05) is 23.9 Å². The van der Waals surface area contributed by atoms with Crippen molar-refractivity contribution in [3.8, 4) is 0 Å². The molecule has 0 bridgehead atoms. The van der Waals surface area contributed by atoms with Gasteiger partial charge < -0.3 is 10.6 Å². The van der Waals surface area contributed by atoms with Crippen LogP contribution in [0.3, 0.4) is 0 Å². The van der Waals surface area contributed by atoms with Crippen molar-refractivity contribution in [2.24, 2.45) is 0 Å². The van der Waals surface area contributed by atoms with Gasteiger partial charge in [-0.2, -0.15) is 0 Å². The van der Waals surface area contributed by atoms with E-state index in [1.165, 1.54) is 16.5 Å². The molecule has 0 radical (unpaired) electrons. The maximum absolute atomic E-state index is 11.8. The molecule has 2 heterocycles. The molecule has 1 aliphatic heterocycles. The minimum Gasteiger partial charge on any atom is -0.351 e. The van der Waals surface area contributed by atoms with Crippen LogP contribution in [-0.4, -0.2) is 35.8 Å². The van der Waals surface area contributed by atoms with E-state index in [1.807, 2.05) is 18.2 Å². The van der Waals surface area contributed by atoms with E-state index in [2.05, 4.69) is 21.7 Å². The highest BCUT2D eigenvalue weighted by Crippen LogP contribution is 2.29. The van der Waals surface area contributed by atoms with Gasteiger partial charge in [-0.15, -0.1) is 11.3 Å². The van der Waals surface area contributed by atoms with Crippen molar-refractivity contribution in [1.29, 1.82) is 0 Å². The average Bonchev–Trinajstić information content (AvgIpc) is 3.04. The number of hydrogen-bond donors (Lipinski definition) is 2. The number of benzene rings is 1. The summed E-state index contributed by atoms with van der Waals surface area (Å²) in [6.45, 7) is 1.88. The third-order valence-corrected chi connectivity index (χ3v) is 5.21. The summed E-state index contributed by atoms with van der Waals surface area (Å²) < 4.78 is 2.13. The Labute approximate surface area is 120 Å². The smallest absolute Gasteiger partial charge is 0.230 e. The molecular weight excluding hydrogens is 278 g/mol. The molecule has 1 aliphatic rings. The van der Waals surface area contributed by atoms with E-state index in [1.54, 1.807) is 11.3 Å². The maximum Gasteiger partial charge on any atom is 0.230 e. The first-order valence-corrected chi connectivity index (χ1v) is 8.10. The Morgan fingerprint density at radius 1 is 1.53 bits per heavy atom. The quantitative estimate of drug-likeness (QED) is 0.845. The number of nitrogens with zero attached hydrogens (tertiary/aromatic N) is 1. The average molecular weight is 293 g/mol. The van der Waals surface area contributed by atoms with E-state index < -0.39 is 0 Å². The molecule has 4 nitrogen and oxygen atoms in total. The summed E-state index contributed by atoms with van der Waals surface area (Å²) in [5.74, 6) is 0.536. The van der Waals surface area contributed by atoms with Gasteiger partial charge in [0.1, 0.15) is 0 Å². The maximum atomic E-state index is 11.8. The standard InChI is InChI=1S/C13H15N3OS2/c17-12(15-9-5-6-14-7-9)8-18-13-16-10-3-1-2-4-11(10)19-13/h1-4,9,14H,5-8H2,(H,15,17). The molecule has 1 fully saturated rings. The normalized spacial score (nSPS) is 18.8. The van der Waals surface area contributed by atoms with Crippen LogP contribution >= 0.6 is 23.1 Å². The number of nitrogens with one attached hydrogen (secondary N) is 2. The number of thioether (sulfide) groups is 1. The van der Waals surface area contributed by atoms with Gasteiger partial charge in [0.15, 0.2) is 4.34 Å². The molecule has 1 amide bonds. The molecule has 1 aromatic heterocycles. The molecule has 1 atom stereocenters. The van der Waals surface area contributed by atoms with Crippen molar-refractivity contribution in [1.82, 2.24) is 15.6 Å². The number of carbonyl (C=O) groups is 1. The lowest BCUT2D eigenvalue weighted by Gasteiger charge is -2.10. The van der Waals surface area contributed by atoms with E-state index in [-0.39, 0.29) is 5.91 Å². The summed E-state index contributed by atoms with van der Waals surface area (Å²) in [6.07, 6.45) is 1.03. The van der Waals surface area contributed by atoms with E-state index in [0.717, 1.165) is 29.4 Å².